The summed E-state index contributed by atoms with van der Waals surface area (Å²) >= 11 is 3.60. The lowest BCUT2D eigenvalue weighted by atomic mass is 10.0. The van der Waals surface area contributed by atoms with Crippen LogP contribution in [0.5, 0.6) is 0 Å². The molecule has 2 heterocycles. The number of halogens is 3. The lowest BCUT2D eigenvalue weighted by molar-refractivity contribution is 0.0597. The minimum absolute atomic E-state index is 0.148. The van der Waals surface area contributed by atoms with Crippen LogP contribution in [0.25, 0.3) is 0 Å². The first kappa shape index (κ1) is 13.0. The van der Waals surface area contributed by atoms with Crippen LogP contribution in [0.15, 0.2) is 18.2 Å². The molecule has 2 fully saturated rings. The summed E-state index contributed by atoms with van der Waals surface area (Å²) in [7, 11) is 0. The summed E-state index contributed by atoms with van der Waals surface area (Å²) in [4.78, 5) is 14.6. The summed E-state index contributed by atoms with van der Waals surface area (Å²) < 4.78 is 27.0. The van der Waals surface area contributed by atoms with Crippen LogP contribution in [0.2, 0.25) is 0 Å². The van der Waals surface area contributed by atoms with Gasteiger partial charge in [0.05, 0.1) is 5.56 Å². The zero-order valence-electron chi connectivity index (χ0n) is 10.3. The molecule has 0 aromatic heterocycles. The molecular weight excluding hydrogens is 316 g/mol. The van der Waals surface area contributed by atoms with Gasteiger partial charge in [-0.3, -0.25) is 4.79 Å². The average molecular weight is 330 g/mol. The van der Waals surface area contributed by atoms with Gasteiger partial charge in [0.1, 0.15) is 0 Å². The third kappa shape index (κ3) is 2.18. The molecule has 5 heteroatoms. The highest BCUT2D eigenvalue weighted by Crippen LogP contribution is 2.39. The van der Waals surface area contributed by atoms with E-state index in [2.05, 4.69) is 15.9 Å². The van der Waals surface area contributed by atoms with Gasteiger partial charge in [-0.25, -0.2) is 8.78 Å². The number of hydrogen-bond donors (Lipinski definition) is 0. The number of carbonyl (C=O) groups is 1. The van der Waals surface area contributed by atoms with E-state index in [1.807, 2.05) is 0 Å². The number of piperidine rings is 1. The Kier molecular flexibility index (Phi) is 3.33. The molecule has 2 nitrogen and oxygen atoms in total. The fourth-order valence-corrected chi connectivity index (χ4v) is 4.11. The molecule has 1 amide bonds. The second kappa shape index (κ2) is 4.85. The minimum atomic E-state index is -1.03. The number of carbonyl (C=O) groups excluding carboxylic acids is 1. The SMILES string of the molecule is O=C(c1cccc(F)c1F)N1C2CCC1CC(Br)C2. The summed E-state index contributed by atoms with van der Waals surface area (Å²) in [5, 5.41) is 0. The van der Waals surface area contributed by atoms with E-state index in [1.165, 1.54) is 12.1 Å². The van der Waals surface area contributed by atoms with Crippen LogP contribution < -0.4 is 0 Å². The Morgan fingerprint density at radius 2 is 1.84 bits per heavy atom. The molecule has 2 aliphatic heterocycles. The van der Waals surface area contributed by atoms with Crippen molar-refractivity contribution in [1.82, 2.24) is 4.90 Å². The van der Waals surface area contributed by atoms with E-state index in [0.717, 1.165) is 31.7 Å². The normalized spacial score (nSPS) is 29.6. The van der Waals surface area contributed by atoms with Crippen LogP contribution in [0.1, 0.15) is 36.0 Å². The molecule has 0 N–H and O–H groups in total. The Balaban J connectivity index is 1.91. The Labute approximate surface area is 118 Å². The van der Waals surface area contributed by atoms with Gasteiger partial charge < -0.3 is 4.90 Å². The van der Waals surface area contributed by atoms with Gasteiger partial charge in [0.15, 0.2) is 11.6 Å². The van der Waals surface area contributed by atoms with E-state index < -0.39 is 11.6 Å². The Morgan fingerprint density at radius 1 is 1.21 bits per heavy atom. The Bertz CT molecular complexity index is 508. The highest BCUT2D eigenvalue weighted by atomic mass is 79.9. The molecule has 0 aliphatic carbocycles. The largest absolute Gasteiger partial charge is 0.333 e. The molecule has 2 unspecified atom stereocenters. The van der Waals surface area contributed by atoms with Gasteiger partial charge in [0.25, 0.3) is 5.91 Å². The van der Waals surface area contributed by atoms with Crippen LogP contribution in [0.4, 0.5) is 8.78 Å². The smallest absolute Gasteiger partial charge is 0.257 e. The van der Waals surface area contributed by atoms with Gasteiger partial charge >= 0.3 is 0 Å². The number of fused-ring (bicyclic) bond motifs is 2. The van der Waals surface area contributed by atoms with Crippen LogP contribution in [-0.4, -0.2) is 27.7 Å². The summed E-state index contributed by atoms with van der Waals surface area (Å²) in [5.41, 5.74) is -0.148. The minimum Gasteiger partial charge on any atom is -0.333 e. The summed E-state index contributed by atoms with van der Waals surface area (Å²) in [6.07, 6.45) is 3.68. The Morgan fingerprint density at radius 3 is 2.47 bits per heavy atom. The maximum atomic E-state index is 13.7. The highest BCUT2D eigenvalue weighted by molar-refractivity contribution is 9.09. The number of rotatable bonds is 1. The molecule has 3 rings (SSSR count). The van der Waals surface area contributed by atoms with Gasteiger partial charge in [0.2, 0.25) is 0 Å². The van der Waals surface area contributed by atoms with Crippen molar-refractivity contribution in [2.24, 2.45) is 0 Å². The van der Waals surface area contributed by atoms with Crippen molar-refractivity contribution in [2.75, 3.05) is 0 Å². The van der Waals surface area contributed by atoms with Gasteiger partial charge in [-0.05, 0) is 37.8 Å². The molecule has 2 bridgehead atoms. The number of nitrogens with zero attached hydrogens (tertiary/aromatic N) is 1. The zero-order valence-corrected chi connectivity index (χ0v) is 11.9. The van der Waals surface area contributed by atoms with E-state index in [0.29, 0.717) is 4.83 Å². The number of alkyl halides is 1. The standard InChI is InChI=1S/C14H14BrF2NO/c15-8-6-9-4-5-10(7-8)18(9)14(19)11-2-1-3-12(16)13(11)17/h1-3,8-10H,4-7H2. The topological polar surface area (TPSA) is 20.3 Å². The maximum absolute atomic E-state index is 13.7. The third-order valence-corrected chi connectivity index (χ3v) is 4.84. The van der Waals surface area contributed by atoms with Gasteiger partial charge in [0, 0.05) is 16.9 Å². The first-order valence-electron chi connectivity index (χ1n) is 6.48. The summed E-state index contributed by atoms with van der Waals surface area (Å²) in [5.74, 6) is -2.37. The van der Waals surface area contributed by atoms with Crippen molar-refractivity contribution in [2.45, 2.75) is 42.6 Å². The number of amides is 1. The van der Waals surface area contributed by atoms with Crippen molar-refractivity contribution >= 4 is 21.8 Å². The van der Waals surface area contributed by atoms with E-state index in [1.54, 1.807) is 4.90 Å². The predicted molar refractivity (Wildman–Crippen MR) is 71.3 cm³/mol. The predicted octanol–water partition coefficient (Wildman–Crippen LogP) is 3.50. The van der Waals surface area contributed by atoms with Gasteiger partial charge in [-0.1, -0.05) is 22.0 Å². The third-order valence-electron chi connectivity index (χ3n) is 4.09. The molecule has 2 atom stereocenters. The molecule has 1 aromatic rings. The second-order valence-electron chi connectivity index (χ2n) is 5.27. The molecule has 0 saturated carbocycles. The lowest BCUT2D eigenvalue weighted by Crippen LogP contribution is -2.47. The summed E-state index contributed by atoms with van der Waals surface area (Å²) in [6.45, 7) is 0. The molecule has 1 aromatic carbocycles. The van der Waals surface area contributed by atoms with Crippen molar-refractivity contribution in [3.05, 3.63) is 35.4 Å². The molecule has 102 valence electrons. The lowest BCUT2D eigenvalue weighted by Gasteiger charge is -2.37. The van der Waals surface area contributed by atoms with Crippen molar-refractivity contribution in [1.29, 1.82) is 0 Å². The quantitative estimate of drug-likeness (QED) is 0.722. The molecule has 19 heavy (non-hydrogen) atoms. The van der Waals surface area contributed by atoms with E-state index in [9.17, 15) is 13.6 Å². The Hall–Kier alpha value is -0.970. The molecular formula is C14H14BrF2NO. The van der Waals surface area contributed by atoms with Crippen molar-refractivity contribution < 1.29 is 13.6 Å². The van der Waals surface area contributed by atoms with Gasteiger partial charge in [-0.2, -0.15) is 0 Å². The average Bonchev–Trinajstić information content (AvgIpc) is 2.64. The van der Waals surface area contributed by atoms with Crippen molar-refractivity contribution in [3.63, 3.8) is 0 Å². The molecule has 2 saturated heterocycles. The fraction of sp³-hybridized carbons (Fsp3) is 0.500. The van der Waals surface area contributed by atoms with E-state index in [-0.39, 0.29) is 23.6 Å². The van der Waals surface area contributed by atoms with E-state index in [4.69, 9.17) is 0 Å². The second-order valence-corrected chi connectivity index (χ2v) is 6.56. The van der Waals surface area contributed by atoms with Crippen LogP contribution in [-0.2, 0) is 0 Å². The first-order valence-corrected chi connectivity index (χ1v) is 7.40. The van der Waals surface area contributed by atoms with Gasteiger partial charge in [-0.15, -0.1) is 0 Å². The van der Waals surface area contributed by atoms with Crippen LogP contribution >= 0.6 is 15.9 Å². The first-order chi connectivity index (χ1) is 9.08. The highest BCUT2D eigenvalue weighted by Gasteiger charge is 2.43. The van der Waals surface area contributed by atoms with Crippen LogP contribution in [0.3, 0.4) is 0 Å². The number of hydrogen-bond acceptors (Lipinski definition) is 1. The maximum Gasteiger partial charge on any atom is 0.257 e. The monoisotopic (exact) mass is 329 g/mol. The van der Waals surface area contributed by atoms with Crippen molar-refractivity contribution in [3.8, 4) is 0 Å². The zero-order chi connectivity index (χ0) is 13.6. The molecule has 2 aliphatic rings. The fourth-order valence-electron chi connectivity index (χ4n) is 3.25. The summed E-state index contributed by atoms with van der Waals surface area (Å²) in [6, 6.07) is 4.08. The van der Waals surface area contributed by atoms with Crippen LogP contribution in [0, 0.1) is 11.6 Å². The molecule has 0 spiro atoms. The number of benzene rings is 1. The molecule has 0 radical (unpaired) electrons. The van der Waals surface area contributed by atoms with E-state index >= 15 is 0 Å².